The molecule has 8 heteroatoms. The fraction of sp³-hybridized carbons (Fsp3) is 0.682. The van der Waals surface area contributed by atoms with Crippen LogP contribution in [0.1, 0.15) is 19.3 Å². The monoisotopic (exact) mass is 532 g/mol. The van der Waals surface area contributed by atoms with Gasteiger partial charge in [0.05, 0.1) is 20.3 Å². The zero-order chi connectivity index (χ0) is 20.3. The van der Waals surface area contributed by atoms with Crippen molar-refractivity contribution in [3.63, 3.8) is 0 Å². The second-order valence-corrected chi connectivity index (χ2v) is 7.84. The fourth-order valence-electron chi connectivity index (χ4n) is 3.85. The van der Waals surface area contributed by atoms with E-state index in [9.17, 15) is 0 Å². The Bertz CT molecular complexity index is 641. The van der Waals surface area contributed by atoms with E-state index in [1.165, 1.54) is 12.1 Å². The summed E-state index contributed by atoms with van der Waals surface area (Å²) in [4.78, 5) is 6.76. The van der Waals surface area contributed by atoms with Gasteiger partial charge < -0.3 is 29.7 Å². The Hall–Kier alpha value is -1.26. The Morgan fingerprint density at radius 3 is 2.93 bits per heavy atom. The van der Waals surface area contributed by atoms with Crippen molar-refractivity contribution in [3.8, 4) is 5.75 Å². The maximum absolute atomic E-state index is 5.75. The molecule has 2 N–H and O–H groups in total. The first-order valence-electron chi connectivity index (χ1n) is 10.8. The lowest BCUT2D eigenvalue weighted by Gasteiger charge is -2.20. The largest absolute Gasteiger partial charge is 0.497 e. The number of hydrogen-bond donors (Lipinski definition) is 2. The van der Waals surface area contributed by atoms with Crippen LogP contribution in [-0.4, -0.2) is 72.7 Å². The first kappa shape index (κ1) is 25.0. The molecule has 2 aliphatic heterocycles. The number of aliphatic imine (C=N–C) groups is 1. The van der Waals surface area contributed by atoms with E-state index in [1.54, 1.807) is 7.11 Å². The molecule has 1 aromatic carbocycles. The van der Waals surface area contributed by atoms with Gasteiger partial charge >= 0.3 is 0 Å². The maximum atomic E-state index is 5.75. The van der Waals surface area contributed by atoms with Gasteiger partial charge in [0.2, 0.25) is 0 Å². The normalized spacial score (nSPS) is 21.4. The second kappa shape index (κ2) is 13.9. The summed E-state index contributed by atoms with van der Waals surface area (Å²) in [6.45, 7) is 7.25. The highest BCUT2D eigenvalue weighted by atomic mass is 127. The minimum atomic E-state index is 0. The summed E-state index contributed by atoms with van der Waals surface area (Å²) in [5.74, 6) is 2.97. The summed E-state index contributed by atoms with van der Waals surface area (Å²) in [6, 6.07) is 8.30. The molecule has 3 rings (SSSR count). The highest BCUT2D eigenvalue weighted by Gasteiger charge is 2.23. The Labute approximate surface area is 197 Å². The number of nitrogens with zero attached hydrogens (tertiary/aromatic N) is 2. The van der Waals surface area contributed by atoms with Crippen molar-refractivity contribution in [3.05, 3.63) is 24.3 Å². The summed E-state index contributed by atoms with van der Waals surface area (Å²) in [7, 11) is 3.54. The molecule has 2 atom stereocenters. The number of nitrogens with one attached hydrogen (secondary N) is 2. The third-order valence-electron chi connectivity index (χ3n) is 5.62. The molecule has 7 nitrogen and oxygen atoms in total. The van der Waals surface area contributed by atoms with Crippen molar-refractivity contribution < 1.29 is 14.2 Å². The van der Waals surface area contributed by atoms with Gasteiger partial charge in [-0.05, 0) is 37.3 Å². The van der Waals surface area contributed by atoms with E-state index in [0.717, 1.165) is 77.2 Å². The van der Waals surface area contributed by atoms with Crippen LogP contribution in [0.5, 0.6) is 5.75 Å². The van der Waals surface area contributed by atoms with Gasteiger partial charge in [-0.3, -0.25) is 4.99 Å². The van der Waals surface area contributed by atoms with Crippen LogP contribution in [0.25, 0.3) is 0 Å². The molecular formula is C22H37IN4O3. The second-order valence-electron chi connectivity index (χ2n) is 7.84. The molecule has 0 bridgehead atoms. The molecule has 0 saturated carbocycles. The predicted molar refractivity (Wildman–Crippen MR) is 132 cm³/mol. The molecule has 2 unspecified atom stereocenters. The SMILES string of the molecule is CN=C(NCCCOCC1CCOC1)NCC1CCN(c2cccc(OC)c2)C1.I. The van der Waals surface area contributed by atoms with E-state index < -0.39 is 0 Å². The summed E-state index contributed by atoms with van der Waals surface area (Å²) < 4.78 is 16.5. The standard InChI is InChI=1S/C22H36N4O3.HI/c1-23-22(24-9-4-11-28-16-19-8-12-29-17-19)25-14-18-7-10-26(15-18)20-5-3-6-21(13-20)27-2;/h3,5-6,13,18-19H,4,7-12,14-17H2,1-2H3,(H2,23,24,25);1H. The summed E-state index contributed by atoms with van der Waals surface area (Å²) in [5, 5.41) is 6.86. The highest BCUT2D eigenvalue weighted by molar-refractivity contribution is 14.0. The fourth-order valence-corrected chi connectivity index (χ4v) is 3.85. The van der Waals surface area contributed by atoms with Gasteiger partial charge in [0.1, 0.15) is 5.75 Å². The molecule has 2 fully saturated rings. The molecular weight excluding hydrogens is 495 g/mol. The molecule has 0 radical (unpaired) electrons. The lowest BCUT2D eigenvalue weighted by Crippen LogP contribution is -2.40. The first-order valence-corrected chi connectivity index (χ1v) is 10.8. The topological polar surface area (TPSA) is 67.4 Å². The molecule has 30 heavy (non-hydrogen) atoms. The third kappa shape index (κ3) is 8.11. The van der Waals surface area contributed by atoms with Crippen molar-refractivity contribution in [2.45, 2.75) is 19.3 Å². The van der Waals surface area contributed by atoms with Gasteiger partial charge in [0.15, 0.2) is 5.96 Å². The Morgan fingerprint density at radius 1 is 1.27 bits per heavy atom. The van der Waals surface area contributed by atoms with Crippen molar-refractivity contribution in [2.24, 2.45) is 16.8 Å². The number of guanidine groups is 1. The van der Waals surface area contributed by atoms with Crippen LogP contribution in [0.2, 0.25) is 0 Å². The molecule has 2 heterocycles. The van der Waals surface area contributed by atoms with Crippen LogP contribution in [-0.2, 0) is 9.47 Å². The average Bonchev–Trinajstić information content (AvgIpc) is 3.45. The maximum Gasteiger partial charge on any atom is 0.190 e. The van der Waals surface area contributed by atoms with Gasteiger partial charge in [-0.25, -0.2) is 0 Å². The van der Waals surface area contributed by atoms with E-state index in [-0.39, 0.29) is 24.0 Å². The van der Waals surface area contributed by atoms with Crippen molar-refractivity contribution in [1.29, 1.82) is 0 Å². The van der Waals surface area contributed by atoms with Gasteiger partial charge in [0.25, 0.3) is 0 Å². The van der Waals surface area contributed by atoms with E-state index in [0.29, 0.717) is 11.8 Å². The van der Waals surface area contributed by atoms with E-state index >= 15 is 0 Å². The quantitative estimate of drug-likeness (QED) is 0.209. The minimum absolute atomic E-state index is 0. The zero-order valence-electron chi connectivity index (χ0n) is 18.3. The van der Waals surface area contributed by atoms with E-state index in [1.807, 2.05) is 13.1 Å². The number of hydrogen-bond acceptors (Lipinski definition) is 5. The summed E-state index contributed by atoms with van der Waals surface area (Å²) >= 11 is 0. The van der Waals surface area contributed by atoms with Crippen LogP contribution in [0.15, 0.2) is 29.3 Å². The van der Waals surface area contributed by atoms with E-state index in [4.69, 9.17) is 14.2 Å². The lowest BCUT2D eigenvalue weighted by molar-refractivity contribution is 0.0888. The molecule has 0 aromatic heterocycles. The van der Waals surface area contributed by atoms with Crippen LogP contribution >= 0.6 is 24.0 Å². The average molecular weight is 532 g/mol. The predicted octanol–water partition coefficient (Wildman–Crippen LogP) is 2.75. The number of halogens is 1. The molecule has 2 saturated heterocycles. The van der Waals surface area contributed by atoms with E-state index in [2.05, 4.69) is 38.7 Å². The Kier molecular flexibility index (Phi) is 11.6. The third-order valence-corrected chi connectivity index (χ3v) is 5.62. The molecule has 0 aliphatic carbocycles. The van der Waals surface area contributed by atoms with Crippen molar-refractivity contribution in [2.75, 3.05) is 71.7 Å². The smallest absolute Gasteiger partial charge is 0.190 e. The van der Waals surface area contributed by atoms with Crippen LogP contribution < -0.4 is 20.3 Å². The minimum Gasteiger partial charge on any atom is -0.497 e. The number of benzene rings is 1. The van der Waals surface area contributed by atoms with Gasteiger partial charge in [-0.1, -0.05) is 6.07 Å². The number of anilines is 1. The number of ether oxygens (including phenoxy) is 3. The number of rotatable bonds is 10. The van der Waals surface area contributed by atoms with Crippen LogP contribution in [0, 0.1) is 11.8 Å². The van der Waals surface area contributed by atoms with Crippen LogP contribution in [0.3, 0.4) is 0 Å². The van der Waals surface area contributed by atoms with Gasteiger partial charge in [-0.2, -0.15) is 0 Å². The summed E-state index contributed by atoms with van der Waals surface area (Å²) in [6.07, 6.45) is 3.28. The highest BCUT2D eigenvalue weighted by Crippen LogP contribution is 2.26. The summed E-state index contributed by atoms with van der Waals surface area (Å²) in [5.41, 5.74) is 1.23. The van der Waals surface area contributed by atoms with Gasteiger partial charge in [0, 0.05) is 64.1 Å². The Morgan fingerprint density at radius 2 is 2.17 bits per heavy atom. The van der Waals surface area contributed by atoms with Crippen molar-refractivity contribution in [1.82, 2.24) is 10.6 Å². The van der Waals surface area contributed by atoms with Gasteiger partial charge in [-0.15, -0.1) is 24.0 Å². The molecule has 0 amide bonds. The Balaban J connectivity index is 0.00000320. The lowest BCUT2D eigenvalue weighted by atomic mass is 10.1. The zero-order valence-corrected chi connectivity index (χ0v) is 20.6. The molecule has 0 spiro atoms. The molecule has 1 aromatic rings. The first-order chi connectivity index (χ1) is 14.3. The van der Waals surface area contributed by atoms with Crippen LogP contribution in [0.4, 0.5) is 5.69 Å². The van der Waals surface area contributed by atoms with Crippen molar-refractivity contribution >= 4 is 35.6 Å². The number of methoxy groups -OCH3 is 1. The molecule has 2 aliphatic rings. The molecule has 170 valence electrons.